The molecule has 0 spiro atoms. The summed E-state index contributed by atoms with van der Waals surface area (Å²) in [6.45, 7) is 0. The molecule has 0 aliphatic rings. The quantitative estimate of drug-likeness (QED) is 0.825. The zero-order valence-corrected chi connectivity index (χ0v) is 11.0. The predicted octanol–water partition coefficient (Wildman–Crippen LogP) is 3.93. The summed E-state index contributed by atoms with van der Waals surface area (Å²) in [5.74, 6) is -0.0457. The molecule has 0 bridgehead atoms. The van der Waals surface area contributed by atoms with Gasteiger partial charge in [-0.15, -0.1) is 0 Å². The Kier molecular flexibility index (Phi) is 3.50. The van der Waals surface area contributed by atoms with E-state index in [1.165, 1.54) is 12.1 Å². The summed E-state index contributed by atoms with van der Waals surface area (Å²) in [5, 5.41) is 0. The van der Waals surface area contributed by atoms with Gasteiger partial charge in [0.15, 0.2) is 0 Å². The van der Waals surface area contributed by atoms with Gasteiger partial charge in [0.05, 0.1) is 4.47 Å². The molecule has 0 N–H and O–H groups in total. The molecule has 1 aromatic heterocycles. The van der Waals surface area contributed by atoms with Gasteiger partial charge in [0.25, 0.3) is 0 Å². The second kappa shape index (κ2) is 4.88. The Hall–Kier alpha value is -1.01. The van der Waals surface area contributed by atoms with E-state index >= 15 is 0 Å². The largest absolute Gasteiger partial charge is 0.424 e. The third-order valence-corrected chi connectivity index (χ3v) is 2.51. The molecular weight excluding hydrogens is 343 g/mol. The molecule has 1 aromatic carbocycles. The van der Waals surface area contributed by atoms with Crippen molar-refractivity contribution >= 4 is 31.9 Å². The first-order chi connectivity index (χ1) is 7.63. The van der Waals surface area contributed by atoms with Crippen LogP contribution in [0, 0.1) is 5.82 Å². The summed E-state index contributed by atoms with van der Waals surface area (Å²) in [4.78, 5) is 7.83. The Labute approximate surface area is 108 Å². The van der Waals surface area contributed by atoms with Crippen LogP contribution < -0.4 is 4.74 Å². The molecule has 82 valence electrons. The lowest BCUT2D eigenvalue weighted by atomic mass is 10.3. The van der Waals surface area contributed by atoms with Crippen LogP contribution in [0.3, 0.4) is 0 Å². The molecule has 3 nitrogen and oxygen atoms in total. The average Bonchev–Trinajstić information content (AvgIpc) is 2.20. The van der Waals surface area contributed by atoms with Crippen molar-refractivity contribution < 1.29 is 9.13 Å². The second-order valence-corrected chi connectivity index (χ2v) is 4.72. The summed E-state index contributed by atoms with van der Waals surface area (Å²) in [5.41, 5.74) is 0. The number of hydrogen-bond donors (Lipinski definition) is 0. The highest BCUT2D eigenvalue weighted by atomic mass is 79.9. The third-order valence-electron chi connectivity index (χ3n) is 1.64. The smallest absolute Gasteiger partial charge is 0.321 e. The zero-order valence-electron chi connectivity index (χ0n) is 7.82. The molecule has 1 heterocycles. The molecule has 0 fully saturated rings. The molecule has 0 radical (unpaired) electrons. The van der Waals surface area contributed by atoms with Crippen LogP contribution in [0.25, 0.3) is 0 Å². The molecule has 6 heteroatoms. The summed E-state index contributed by atoms with van der Waals surface area (Å²) in [7, 11) is 0. The first kappa shape index (κ1) is 11.5. The van der Waals surface area contributed by atoms with E-state index in [1.54, 1.807) is 18.5 Å². The summed E-state index contributed by atoms with van der Waals surface area (Å²) in [6.07, 6.45) is 3.10. The molecule has 0 saturated heterocycles. The highest BCUT2D eigenvalue weighted by molar-refractivity contribution is 9.10. The summed E-state index contributed by atoms with van der Waals surface area (Å²) >= 11 is 6.38. The van der Waals surface area contributed by atoms with Gasteiger partial charge in [-0.2, -0.15) is 0 Å². The van der Waals surface area contributed by atoms with Crippen molar-refractivity contribution in [1.29, 1.82) is 0 Å². The van der Waals surface area contributed by atoms with Gasteiger partial charge in [0.1, 0.15) is 11.6 Å². The minimum Gasteiger partial charge on any atom is -0.424 e. The Bertz CT molecular complexity index is 484. The molecule has 16 heavy (non-hydrogen) atoms. The van der Waals surface area contributed by atoms with Crippen molar-refractivity contribution in [1.82, 2.24) is 9.97 Å². The lowest BCUT2D eigenvalue weighted by Crippen LogP contribution is -1.91. The number of rotatable bonds is 2. The number of aromatic nitrogens is 2. The average molecular weight is 348 g/mol. The van der Waals surface area contributed by atoms with E-state index in [4.69, 9.17) is 4.74 Å². The van der Waals surface area contributed by atoms with E-state index in [0.717, 1.165) is 4.47 Å². The van der Waals surface area contributed by atoms with Crippen LogP contribution in [0.15, 0.2) is 39.5 Å². The molecule has 0 unspecified atom stereocenters. The van der Waals surface area contributed by atoms with Gasteiger partial charge >= 0.3 is 6.01 Å². The Morgan fingerprint density at radius 1 is 1.00 bits per heavy atom. The number of hydrogen-bond acceptors (Lipinski definition) is 3. The number of nitrogens with zero attached hydrogens (tertiary/aromatic N) is 2. The Balaban J connectivity index is 2.23. The van der Waals surface area contributed by atoms with Gasteiger partial charge in [-0.1, -0.05) is 15.9 Å². The fourth-order valence-corrected chi connectivity index (χ4v) is 1.70. The maximum Gasteiger partial charge on any atom is 0.321 e. The van der Waals surface area contributed by atoms with Crippen molar-refractivity contribution in [2.75, 3.05) is 0 Å². The predicted molar refractivity (Wildman–Crippen MR) is 63.9 cm³/mol. The van der Waals surface area contributed by atoms with E-state index in [1.807, 2.05) is 0 Å². The molecular formula is C10H5Br2FN2O. The zero-order chi connectivity index (χ0) is 11.5. The highest BCUT2D eigenvalue weighted by Crippen LogP contribution is 2.24. The van der Waals surface area contributed by atoms with Crippen LogP contribution >= 0.6 is 31.9 Å². The van der Waals surface area contributed by atoms with Crippen LogP contribution in [0.1, 0.15) is 0 Å². The molecule has 0 saturated carbocycles. The van der Waals surface area contributed by atoms with E-state index in [2.05, 4.69) is 41.8 Å². The highest BCUT2D eigenvalue weighted by Gasteiger charge is 2.03. The molecule has 0 amide bonds. The normalized spacial score (nSPS) is 10.2. The van der Waals surface area contributed by atoms with E-state index in [-0.39, 0.29) is 11.8 Å². The number of halogens is 3. The minimum atomic E-state index is -0.388. The first-order valence-electron chi connectivity index (χ1n) is 4.25. The Morgan fingerprint density at radius 3 is 2.31 bits per heavy atom. The van der Waals surface area contributed by atoms with Gasteiger partial charge in [-0.3, -0.25) is 0 Å². The Morgan fingerprint density at radius 2 is 1.69 bits per heavy atom. The topological polar surface area (TPSA) is 35.0 Å². The van der Waals surface area contributed by atoms with Crippen molar-refractivity contribution in [2.45, 2.75) is 0 Å². The fraction of sp³-hybridized carbons (Fsp3) is 0. The van der Waals surface area contributed by atoms with Crippen LogP contribution in [0.2, 0.25) is 0 Å². The second-order valence-electron chi connectivity index (χ2n) is 2.89. The van der Waals surface area contributed by atoms with Gasteiger partial charge in [0.2, 0.25) is 0 Å². The van der Waals surface area contributed by atoms with Crippen molar-refractivity contribution in [3.05, 3.63) is 45.4 Å². The van der Waals surface area contributed by atoms with Crippen LogP contribution in [-0.2, 0) is 0 Å². The molecule has 2 aromatic rings. The van der Waals surface area contributed by atoms with Crippen molar-refractivity contribution in [3.8, 4) is 11.8 Å². The van der Waals surface area contributed by atoms with Crippen molar-refractivity contribution in [3.63, 3.8) is 0 Å². The monoisotopic (exact) mass is 346 g/mol. The van der Waals surface area contributed by atoms with Crippen LogP contribution in [0.4, 0.5) is 4.39 Å². The van der Waals surface area contributed by atoms with E-state index in [9.17, 15) is 4.39 Å². The van der Waals surface area contributed by atoms with Gasteiger partial charge < -0.3 is 4.74 Å². The number of ether oxygens (including phenoxy) is 1. The van der Waals surface area contributed by atoms with Gasteiger partial charge in [-0.25, -0.2) is 14.4 Å². The maximum absolute atomic E-state index is 13.0. The summed E-state index contributed by atoms with van der Waals surface area (Å²) in [6, 6.07) is 4.40. The van der Waals surface area contributed by atoms with E-state index < -0.39 is 0 Å². The molecule has 2 rings (SSSR count). The third kappa shape index (κ3) is 2.99. The van der Waals surface area contributed by atoms with Crippen LogP contribution in [0.5, 0.6) is 11.8 Å². The molecule has 0 aliphatic heterocycles. The minimum absolute atomic E-state index is 0.167. The molecule has 0 atom stereocenters. The van der Waals surface area contributed by atoms with Gasteiger partial charge in [0, 0.05) is 22.9 Å². The number of benzene rings is 1. The lowest BCUT2D eigenvalue weighted by molar-refractivity contribution is 0.437. The standard InChI is InChI=1S/C10H5Br2FN2O/c11-6-1-8(13)3-9(2-6)16-10-14-4-7(12)5-15-10/h1-5H. The first-order valence-corrected chi connectivity index (χ1v) is 5.83. The molecule has 0 aliphatic carbocycles. The maximum atomic E-state index is 13.0. The fourth-order valence-electron chi connectivity index (χ4n) is 1.05. The van der Waals surface area contributed by atoms with Gasteiger partial charge in [-0.05, 0) is 28.1 Å². The van der Waals surface area contributed by atoms with E-state index in [0.29, 0.717) is 10.2 Å². The van der Waals surface area contributed by atoms with Crippen molar-refractivity contribution in [2.24, 2.45) is 0 Å². The van der Waals surface area contributed by atoms with Crippen LogP contribution in [-0.4, -0.2) is 9.97 Å². The summed E-state index contributed by atoms with van der Waals surface area (Å²) < 4.78 is 19.7. The lowest BCUT2D eigenvalue weighted by Gasteiger charge is -2.03. The SMILES string of the molecule is Fc1cc(Br)cc(Oc2ncc(Br)cn2)c1.